The summed E-state index contributed by atoms with van der Waals surface area (Å²) in [4.78, 5) is 32.5. The Labute approximate surface area is 658 Å². The third kappa shape index (κ3) is 12.0. The molecule has 530 valence electrons. The number of thiophene rings is 1. The summed E-state index contributed by atoms with van der Waals surface area (Å²) in [5.74, 6) is 3.32. The molecule has 16 aromatic carbocycles. The molecule has 113 heavy (non-hydrogen) atoms. The second-order valence-electron chi connectivity index (χ2n) is 29.6. The lowest BCUT2D eigenvalue weighted by Gasteiger charge is -2.22. The van der Waals surface area contributed by atoms with Crippen LogP contribution in [0, 0.1) is 0 Å². The molecule has 0 unspecified atom stereocenters. The van der Waals surface area contributed by atoms with E-state index in [0.29, 0.717) is 34.9 Å². The van der Waals surface area contributed by atoms with Crippen molar-refractivity contribution in [2.75, 3.05) is 0 Å². The number of hydrogen-bond acceptors (Lipinski definition) is 8. The molecule has 0 amide bonds. The molecule has 0 spiro atoms. The van der Waals surface area contributed by atoms with Gasteiger partial charge >= 0.3 is 0 Å². The molecule has 4 aromatic heterocycles. The van der Waals surface area contributed by atoms with Crippen LogP contribution < -0.4 is 0 Å². The van der Waals surface area contributed by atoms with Crippen molar-refractivity contribution in [3.63, 3.8) is 0 Å². The molecule has 21 rings (SSSR count). The van der Waals surface area contributed by atoms with Crippen LogP contribution in [-0.4, -0.2) is 29.9 Å². The SMILES string of the molecule is CC1(C)c2ccccc2-c2ccc(-c3cccc4c3oc3c(-c5cc(-c6ccccc6)cc(-c6nc(-c7ccccc7)nc(-c7cccc(-c8ccc(-c9nc(-c%10ccccc%10)nc(-c%10cc(-c%11ccccc%11)cc(-c%11cccc%12c%11sc%11c(-c%13ccccc%13)cccc%11%12)c%10)n9)cc8-c8ccccc8)c7)n6)c5)cccc34)cc21. The molecule has 0 bridgehead atoms. The van der Waals surface area contributed by atoms with Crippen LogP contribution in [-0.2, 0) is 5.41 Å². The predicted molar refractivity (Wildman–Crippen MR) is 467 cm³/mol. The first kappa shape index (κ1) is 66.7. The van der Waals surface area contributed by atoms with Crippen LogP contribution in [0.25, 0.3) is 211 Å². The molecule has 0 saturated carbocycles. The Morgan fingerprint density at radius 3 is 1.04 bits per heavy atom. The average molecular weight is 1460 g/mol. The smallest absolute Gasteiger partial charge is 0.164 e. The van der Waals surface area contributed by atoms with E-state index in [2.05, 4.69) is 354 Å². The van der Waals surface area contributed by atoms with Gasteiger partial charge in [-0.2, -0.15) is 0 Å². The standard InChI is InChI=1S/C105H68N6OS/c1-105(2)93-51-22-21-42-86(93)87-55-52-72(64-94(87)105)82-43-24-47-88-89-48-25-44-83(96(89)112-95(82)88)77-57-75(65-28-9-3-10-29-65)59-79(61-77)103-108-99(69-36-17-7-18-37-69)106-101(110-103)73-41-23-40-71(56-73)81-54-53-74(63-92(81)68-34-15-6-16-35-68)102-107-100(70-38-19-8-20-39-70)109-104(111-102)80-60-76(66-30-11-4-12-31-66)58-78(62-80)85-46-27-50-91-90-49-26-45-84(97(90)113-98(85)91)67-32-13-5-14-33-67/h3-64H,1-2H3. The third-order valence-corrected chi connectivity index (χ3v) is 23.7. The van der Waals surface area contributed by atoms with E-state index in [4.69, 9.17) is 34.3 Å². The molecule has 4 heterocycles. The molecule has 0 saturated heterocycles. The van der Waals surface area contributed by atoms with Crippen LogP contribution >= 0.6 is 11.3 Å². The van der Waals surface area contributed by atoms with E-state index < -0.39 is 0 Å². The Morgan fingerprint density at radius 1 is 0.195 bits per heavy atom. The van der Waals surface area contributed by atoms with E-state index in [1.165, 1.54) is 53.6 Å². The molecule has 1 aliphatic carbocycles. The summed E-state index contributed by atoms with van der Waals surface area (Å²) in [5, 5.41) is 4.58. The van der Waals surface area contributed by atoms with Crippen molar-refractivity contribution < 1.29 is 4.42 Å². The maximum absolute atomic E-state index is 7.27. The first-order valence-corrected chi connectivity index (χ1v) is 39.1. The van der Waals surface area contributed by atoms with Crippen molar-refractivity contribution in [3.8, 4) is 168 Å². The van der Waals surface area contributed by atoms with Gasteiger partial charge in [0.2, 0.25) is 0 Å². The molecule has 7 nitrogen and oxygen atoms in total. The Hall–Kier alpha value is -14.4. The molecule has 20 aromatic rings. The first-order valence-electron chi connectivity index (χ1n) is 38.3. The van der Waals surface area contributed by atoms with Gasteiger partial charge in [-0.15, -0.1) is 11.3 Å². The van der Waals surface area contributed by atoms with Crippen LogP contribution in [0.3, 0.4) is 0 Å². The van der Waals surface area contributed by atoms with Gasteiger partial charge in [0.25, 0.3) is 0 Å². The largest absolute Gasteiger partial charge is 0.455 e. The first-order chi connectivity index (χ1) is 55.7. The maximum atomic E-state index is 7.27. The lowest BCUT2D eigenvalue weighted by molar-refractivity contribution is 0.660. The van der Waals surface area contributed by atoms with Gasteiger partial charge in [0.05, 0.1) is 0 Å². The van der Waals surface area contributed by atoms with Crippen molar-refractivity contribution in [3.05, 3.63) is 387 Å². The third-order valence-electron chi connectivity index (χ3n) is 22.4. The second-order valence-corrected chi connectivity index (χ2v) is 30.6. The number of para-hydroxylation sites is 2. The van der Waals surface area contributed by atoms with Gasteiger partial charge in [-0.3, -0.25) is 0 Å². The summed E-state index contributed by atoms with van der Waals surface area (Å²) in [6, 6.07) is 134. The highest BCUT2D eigenvalue weighted by Gasteiger charge is 2.36. The fourth-order valence-corrected chi connectivity index (χ4v) is 18.1. The molecule has 8 heteroatoms. The number of aromatic nitrogens is 6. The van der Waals surface area contributed by atoms with Crippen molar-refractivity contribution >= 4 is 53.4 Å². The van der Waals surface area contributed by atoms with E-state index >= 15 is 0 Å². The van der Waals surface area contributed by atoms with E-state index in [9.17, 15) is 0 Å². The Kier molecular flexibility index (Phi) is 16.3. The fourth-order valence-electron chi connectivity index (χ4n) is 16.8. The molecule has 0 N–H and O–H groups in total. The molecule has 0 radical (unpaired) electrons. The van der Waals surface area contributed by atoms with Crippen molar-refractivity contribution in [2.45, 2.75) is 19.3 Å². The molecule has 0 aliphatic heterocycles. The predicted octanol–water partition coefficient (Wildman–Crippen LogP) is 28.0. The molecular weight excluding hydrogens is 1390 g/mol. The molecule has 0 fully saturated rings. The van der Waals surface area contributed by atoms with E-state index in [-0.39, 0.29) is 5.41 Å². The highest BCUT2D eigenvalue weighted by molar-refractivity contribution is 7.26. The Balaban J connectivity index is 0.683. The summed E-state index contributed by atoms with van der Waals surface area (Å²) in [7, 11) is 0. The van der Waals surface area contributed by atoms with Crippen molar-refractivity contribution in [1.29, 1.82) is 0 Å². The van der Waals surface area contributed by atoms with Crippen LogP contribution in [0.4, 0.5) is 0 Å². The lowest BCUT2D eigenvalue weighted by atomic mass is 9.81. The second kappa shape index (κ2) is 27.6. The summed E-state index contributed by atoms with van der Waals surface area (Å²) >= 11 is 1.85. The van der Waals surface area contributed by atoms with Crippen LogP contribution in [0.15, 0.2) is 381 Å². The summed E-state index contributed by atoms with van der Waals surface area (Å²) < 4.78 is 9.76. The number of furan rings is 1. The minimum atomic E-state index is -0.148. The van der Waals surface area contributed by atoms with Gasteiger partial charge in [-0.1, -0.05) is 335 Å². The van der Waals surface area contributed by atoms with Gasteiger partial charge < -0.3 is 4.42 Å². The number of fused-ring (bicyclic) bond motifs is 9. The average Bonchev–Trinajstić information content (AvgIpc) is 1.57. The van der Waals surface area contributed by atoms with E-state index in [0.717, 1.165) is 133 Å². The summed E-state index contributed by atoms with van der Waals surface area (Å²) in [6.07, 6.45) is 0. The van der Waals surface area contributed by atoms with E-state index in [1.54, 1.807) is 0 Å². The number of rotatable bonds is 14. The zero-order valence-electron chi connectivity index (χ0n) is 61.8. The van der Waals surface area contributed by atoms with Gasteiger partial charge in [-0.25, -0.2) is 29.9 Å². The highest BCUT2D eigenvalue weighted by Crippen LogP contribution is 2.52. The van der Waals surface area contributed by atoms with Gasteiger partial charge in [0.15, 0.2) is 34.9 Å². The number of benzene rings is 16. The Morgan fingerprint density at radius 2 is 0.513 bits per heavy atom. The van der Waals surface area contributed by atoms with Crippen molar-refractivity contribution in [2.24, 2.45) is 0 Å². The topological polar surface area (TPSA) is 90.5 Å². The molecular formula is C105H68N6OS. The summed E-state index contributed by atoms with van der Waals surface area (Å²) in [5.41, 5.74) is 28.9. The van der Waals surface area contributed by atoms with Gasteiger partial charge in [0.1, 0.15) is 11.2 Å². The highest BCUT2D eigenvalue weighted by atomic mass is 32.1. The van der Waals surface area contributed by atoms with Gasteiger partial charge in [-0.05, 0) is 155 Å². The zero-order chi connectivity index (χ0) is 75.1. The lowest BCUT2D eigenvalue weighted by Crippen LogP contribution is -2.14. The normalized spacial score (nSPS) is 12.2. The van der Waals surface area contributed by atoms with Crippen LogP contribution in [0.2, 0.25) is 0 Å². The number of nitrogens with zero attached hydrogens (tertiary/aromatic N) is 6. The van der Waals surface area contributed by atoms with Gasteiger partial charge in [0, 0.05) is 80.9 Å². The monoisotopic (exact) mass is 1460 g/mol. The molecule has 1 aliphatic rings. The van der Waals surface area contributed by atoms with Crippen LogP contribution in [0.1, 0.15) is 25.0 Å². The maximum Gasteiger partial charge on any atom is 0.164 e. The fraction of sp³-hybridized carbons (Fsp3) is 0.0286. The quantitative estimate of drug-likeness (QED) is 0.107. The minimum absolute atomic E-state index is 0.148. The summed E-state index contributed by atoms with van der Waals surface area (Å²) in [6.45, 7) is 4.67. The number of hydrogen-bond donors (Lipinski definition) is 0. The van der Waals surface area contributed by atoms with Crippen molar-refractivity contribution in [1.82, 2.24) is 29.9 Å². The zero-order valence-corrected chi connectivity index (χ0v) is 62.6. The van der Waals surface area contributed by atoms with E-state index in [1.807, 2.05) is 47.7 Å². The minimum Gasteiger partial charge on any atom is -0.455 e. The Bertz CT molecular complexity index is 7120. The van der Waals surface area contributed by atoms with Crippen LogP contribution in [0.5, 0.6) is 0 Å². The molecule has 0 atom stereocenters.